The van der Waals surface area contributed by atoms with Crippen molar-refractivity contribution in [3.63, 3.8) is 0 Å². The molecule has 2 aliphatic rings. The van der Waals surface area contributed by atoms with Gasteiger partial charge in [-0.1, -0.05) is 6.92 Å². The molecule has 0 bridgehead atoms. The molecule has 0 saturated carbocycles. The van der Waals surface area contributed by atoms with Gasteiger partial charge >= 0.3 is 0 Å². The second-order valence-corrected chi connectivity index (χ2v) is 8.57. The molecule has 0 aliphatic carbocycles. The molecule has 3 heterocycles. The number of rotatable bonds is 8. The molecule has 1 aromatic rings. The number of aliphatic imine (C=N–C) groups is 1. The van der Waals surface area contributed by atoms with Crippen molar-refractivity contribution in [2.75, 3.05) is 50.7 Å². The molecular formula is C23H41IN6. The Labute approximate surface area is 200 Å². The van der Waals surface area contributed by atoms with Crippen LogP contribution in [-0.2, 0) is 6.54 Å². The Hall–Kier alpha value is -1.09. The lowest BCUT2D eigenvalue weighted by Crippen LogP contribution is -2.39. The maximum absolute atomic E-state index is 4.80. The van der Waals surface area contributed by atoms with Gasteiger partial charge in [0, 0.05) is 32.4 Å². The van der Waals surface area contributed by atoms with E-state index in [9.17, 15) is 0 Å². The molecule has 1 aromatic heterocycles. The molecule has 0 unspecified atom stereocenters. The van der Waals surface area contributed by atoms with Gasteiger partial charge in [-0.2, -0.15) is 0 Å². The molecule has 2 aliphatic heterocycles. The highest BCUT2D eigenvalue weighted by molar-refractivity contribution is 14.0. The lowest BCUT2D eigenvalue weighted by molar-refractivity contribution is 0.191. The Morgan fingerprint density at radius 3 is 2.63 bits per heavy atom. The van der Waals surface area contributed by atoms with E-state index in [4.69, 9.17) is 4.99 Å². The first-order chi connectivity index (χ1) is 14.2. The van der Waals surface area contributed by atoms with Crippen LogP contribution < -0.4 is 15.5 Å². The highest BCUT2D eigenvalue weighted by atomic mass is 127. The summed E-state index contributed by atoms with van der Waals surface area (Å²) in [5.74, 6) is 2.92. The van der Waals surface area contributed by atoms with Crippen LogP contribution in [0.2, 0.25) is 0 Å². The fourth-order valence-electron chi connectivity index (χ4n) is 4.16. The summed E-state index contributed by atoms with van der Waals surface area (Å²) in [6, 6.07) is 4.29. The van der Waals surface area contributed by atoms with Crippen LogP contribution in [-0.4, -0.2) is 61.7 Å². The summed E-state index contributed by atoms with van der Waals surface area (Å²) in [6.45, 7) is 13.0. The minimum absolute atomic E-state index is 0. The fourth-order valence-corrected chi connectivity index (χ4v) is 4.16. The van der Waals surface area contributed by atoms with Crippen molar-refractivity contribution in [3.05, 3.63) is 23.9 Å². The van der Waals surface area contributed by atoms with E-state index in [0.717, 1.165) is 50.3 Å². The number of aromatic nitrogens is 1. The highest BCUT2D eigenvalue weighted by Gasteiger charge is 2.15. The summed E-state index contributed by atoms with van der Waals surface area (Å²) >= 11 is 0. The quantitative estimate of drug-likeness (QED) is 0.232. The molecule has 0 spiro atoms. The number of hydrogen-bond acceptors (Lipinski definition) is 4. The van der Waals surface area contributed by atoms with Crippen LogP contribution in [0.4, 0.5) is 5.82 Å². The smallest absolute Gasteiger partial charge is 0.191 e. The number of likely N-dealkylation sites (tertiary alicyclic amines) is 1. The monoisotopic (exact) mass is 528 g/mol. The Kier molecular flexibility index (Phi) is 11.8. The average molecular weight is 529 g/mol. The van der Waals surface area contributed by atoms with Crippen LogP contribution >= 0.6 is 24.0 Å². The maximum atomic E-state index is 4.80. The summed E-state index contributed by atoms with van der Waals surface area (Å²) in [5.41, 5.74) is 1.22. The van der Waals surface area contributed by atoms with Crippen molar-refractivity contribution in [1.82, 2.24) is 20.5 Å². The van der Waals surface area contributed by atoms with Crippen LogP contribution in [0.1, 0.15) is 57.9 Å². The number of nitrogens with one attached hydrogen (secondary N) is 2. The van der Waals surface area contributed by atoms with Gasteiger partial charge in [-0.05, 0) is 88.7 Å². The van der Waals surface area contributed by atoms with E-state index in [1.54, 1.807) is 0 Å². The zero-order valence-corrected chi connectivity index (χ0v) is 21.2. The molecule has 0 atom stereocenters. The molecule has 7 heteroatoms. The zero-order chi connectivity index (χ0) is 20.3. The lowest BCUT2D eigenvalue weighted by atomic mass is 9.99. The number of hydrogen-bond donors (Lipinski definition) is 2. The second kappa shape index (κ2) is 14.1. The van der Waals surface area contributed by atoms with E-state index in [0.29, 0.717) is 6.54 Å². The van der Waals surface area contributed by atoms with Gasteiger partial charge in [-0.15, -0.1) is 24.0 Å². The topological polar surface area (TPSA) is 55.8 Å². The number of nitrogens with zero attached hydrogens (tertiary/aromatic N) is 4. The number of guanidine groups is 1. The highest BCUT2D eigenvalue weighted by Crippen LogP contribution is 2.19. The first kappa shape index (κ1) is 25.2. The molecule has 2 fully saturated rings. The van der Waals surface area contributed by atoms with Crippen molar-refractivity contribution >= 4 is 35.8 Å². The third kappa shape index (κ3) is 8.57. The molecule has 170 valence electrons. The summed E-state index contributed by atoms with van der Waals surface area (Å²) in [5, 5.41) is 6.88. The van der Waals surface area contributed by atoms with Crippen molar-refractivity contribution in [3.8, 4) is 0 Å². The van der Waals surface area contributed by atoms with Gasteiger partial charge < -0.3 is 20.4 Å². The largest absolute Gasteiger partial charge is 0.357 e. The Morgan fingerprint density at radius 2 is 1.90 bits per heavy atom. The number of pyridine rings is 1. The van der Waals surface area contributed by atoms with Gasteiger partial charge in [-0.3, -0.25) is 0 Å². The first-order valence-electron chi connectivity index (χ1n) is 11.7. The fraction of sp³-hybridized carbons (Fsp3) is 0.739. The molecule has 0 amide bonds. The summed E-state index contributed by atoms with van der Waals surface area (Å²) in [4.78, 5) is 14.4. The standard InChI is InChI=1S/C23H40N6.HI/c1-3-24-23(26-11-7-13-28-16-9-20(2)10-17-28)27-19-21-8-12-25-22(18-21)29-14-5-4-6-15-29;/h8,12,18,20H,3-7,9-11,13-17,19H2,1-2H3,(H2,24,26,27);1H. The zero-order valence-electron chi connectivity index (χ0n) is 18.9. The minimum Gasteiger partial charge on any atom is -0.357 e. The molecule has 6 nitrogen and oxygen atoms in total. The third-order valence-electron chi connectivity index (χ3n) is 6.07. The van der Waals surface area contributed by atoms with Crippen LogP contribution in [0.3, 0.4) is 0 Å². The van der Waals surface area contributed by atoms with Gasteiger partial charge in [0.25, 0.3) is 0 Å². The van der Waals surface area contributed by atoms with Crippen molar-refractivity contribution in [2.24, 2.45) is 10.9 Å². The van der Waals surface area contributed by atoms with Crippen LogP contribution in [0.15, 0.2) is 23.3 Å². The lowest BCUT2D eigenvalue weighted by Gasteiger charge is -2.30. The van der Waals surface area contributed by atoms with E-state index in [-0.39, 0.29) is 24.0 Å². The number of anilines is 1. The van der Waals surface area contributed by atoms with E-state index in [1.807, 2.05) is 6.20 Å². The maximum Gasteiger partial charge on any atom is 0.191 e. The molecule has 0 radical (unpaired) electrons. The normalized spacial score (nSPS) is 18.7. The van der Waals surface area contributed by atoms with E-state index >= 15 is 0 Å². The van der Waals surface area contributed by atoms with Gasteiger partial charge in [0.1, 0.15) is 5.82 Å². The average Bonchev–Trinajstić information content (AvgIpc) is 2.77. The Morgan fingerprint density at radius 1 is 1.13 bits per heavy atom. The van der Waals surface area contributed by atoms with Crippen LogP contribution in [0, 0.1) is 5.92 Å². The van der Waals surface area contributed by atoms with E-state index in [1.165, 1.54) is 57.3 Å². The van der Waals surface area contributed by atoms with Gasteiger partial charge in [0.2, 0.25) is 0 Å². The molecule has 0 aromatic carbocycles. The molecule has 3 rings (SSSR count). The number of piperidine rings is 2. The summed E-state index contributed by atoms with van der Waals surface area (Å²) in [6.07, 6.45) is 9.67. The van der Waals surface area contributed by atoms with Crippen LogP contribution in [0.25, 0.3) is 0 Å². The SMILES string of the molecule is CCNC(=NCc1ccnc(N2CCCCC2)c1)NCCCN1CCC(C)CC1.I. The third-order valence-corrected chi connectivity index (χ3v) is 6.07. The molecule has 30 heavy (non-hydrogen) atoms. The molecule has 2 saturated heterocycles. The van der Waals surface area contributed by atoms with Gasteiger partial charge in [0.05, 0.1) is 6.54 Å². The van der Waals surface area contributed by atoms with Gasteiger partial charge in [0.15, 0.2) is 5.96 Å². The minimum atomic E-state index is 0. The number of halogens is 1. The van der Waals surface area contributed by atoms with E-state index in [2.05, 4.69) is 51.4 Å². The van der Waals surface area contributed by atoms with E-state index < -0.39 is 0 Å². The Bertz CT molecular complexity index is 624. The molecular weight excluding hydrogens is 487 g/mol. The predicted octanol–water partition coefficient (Wildman–Crippen LogP) is 3.87. The summed E-state index contributed by atoms with van der Waals surface area (Å²) < 4.78 is 0. The van der Waals surface area contributed by atoms with Crippen LogP contribution in [0.5, 0.6) is 0 Å². The van der Waals surface area contributed by atoms with Gasteiger partial charge in [-0.25, -0.2) is 9.98 Å². The predicted molar refractivity (Wildman–Crippen MR) is 138 cm³/mol. The van der Waals surface area contributed by atoms with Crippen molar-refractivity contribution in [2.45, 2.75) is 58.9 Å². The van der Waals surface area contributed by atoms with Crippen molar-refractivity contribution in [1.29, 1.82) is 0 Å². The first-order valence-corrected chi connectivity index (χ1v) is 11.7. The second-order valence-electron chi connectivity index (χ2n) is 8.57. The Balaban J connectivity index is 0.00000320. The molecule has 2 N–H and O–H groups in total. The van der Waals surface area contributed by atoms with Crippen molar-refractivity contribution < 1.29 is 0 Å². The summed E-state index contributed by atoms with van der Waals surface area (Å²) in [7, 11) is 0.